The Morgan fingerprint density at radius 2 is 2.17 bits per heavy atom. The Balaban J connectivity index is 1.44. The summed E-state index contributed by atoms with van der Waals surface area (Å²) >= 11 is 1.74. The van der Waals surface area contributed by atoms with Crippen LogP contribution in [0, 0.1) is 0 Å². The van der Waals surface area contributed by atoms with E-state index >= 15 is 0 Å². The van der Waals surface area contributed by atoms with Gasteiger partial charge in [0, 0.05) is 35.2 Å². The van der Waals surface area contributed by atoms with E-state index in [4.69, 9.17) is 9.84 Å². The molecule has 8 nitrogen and oxygen atoms in total. The minimum Gasteiger partial charge on any atom is -0.493 e. The molecule has 0 saturated carbocycles. The molecule has 0 spiro atoms. The number of fused-ring (bicyclic) bond motifs is 2. The molecule has 156 valence electrons. The molecule has 1 N–H and O–H groups in total. The van der Waals surface area contributed by atoms with Gasteiger partial charge in [0.2, 0.25) is 5.95 Å². The molecule has 2 aliphatic heterocycles. The van der Waals surface area contributed by atoms with Crippen LogP contribution in [-0.2, 0) is 6.54 Å². The van der Waals surface area contributed by atoms with Gasteiger partial charge in [-0.05, 0) is 37.4 Å². The van der Waals surface area contributed by atoms with E-state index in [-0.39, 0.29) is 12.6 Å². The summed E-state index contributed by atoms with van der Waals surface area (Å²) in [5, 5.41) is 13.5. The number of hydrogen-bond acceptors (Lipinski definition) is 7. The lowest BCUT2D eigenvalue weighted by Crippen LogP contribution is -2.19. The first-order chi connectivity index (χ1) is 14.6. The first kappa shape index (κ1) is 19.2. The first-order valence-electron chi connectivity index (χ1n) is 10.1. The Labute approximate surface area is 179 Å². The van der Waals surface area contributed by atoms with Gasteiger partial charge in [-0.3, -0.25) is 4.31 Å². The second-order valence-electron chi connectivity index (χ2n) is 7.66. The molecule has 9 heteroatoms. The molecule has 0 atom stereocenters. The van der Waals surface area contributed by atoms with Crippen LogP contribution in [0.15, 0.2) is 42.0 Å². The van der Waals surface area contributed by atoms with E-state index in [1.807, 2.05) is 15.4 Å². The third-order valence-corrected chi connectivity index (χ3v) is 6.49. The Hall–Kier alpha value is -2.78. The summed E-state index contributed by atoms with van der Waals surface area (Å²) in [4.78, 5) is 10.3. The van der Waals surface area contributed by atoms with Crippen LogP contribution in [-0.4, -0.2) is 49.2 Å². The van der Waals surface area contributed by atoms with Gasteiger partial charge in [0.15, 0.2) is 0 Å². The molecule has 0 unspecified atom stereocenters. The number of aromatic nitrogens is 5. The summed E-state index contributed by atoms with van der Waals surface area (Å²) in [6.45, 7) is 6.28. The largest absolute Gasteiger partial charge is 0.493 e. The van der Waals surface area contributed by atoms with Gasteiger partial charge in [-0.15, -0.1) is 0 Å². The maximum Gasteiger partial charge on any atom is 0.234 e. The number of aliphatic hydroxyl groups is 1. The van der Waals surface area contributed by atoms with Gasteiger partial charge < -0.3 is 14.4 Å². The number of benzene rings is 1. The topological polar surface area (TPSA) is 81.2 Å². The molecule has 0 bridgehead atoms. The van der Waals surface area contributed by atoms with Crippen molar-refractivity contribution in [3.8, 4) is 17.0 Å². The van der Waals surface area contributed by atoms with E-state index in [1.165, 1.54) is 10.5 Å². The van der Waals surface area contributed by atoms with Gasteiger partial charge >= 0.3 is 0 Å². The Kier molecular flexibility index (Phi) is 5.00. The summed E-state index contributed by atoms with van der Waals surface area (Å²) in [7, 11) is 0. The number of hydrogen-bond donors (Lipinski definition) is 1. The zero-order chi connectivity index (χ0) is 20.7. The van der Waals surface area contributed by atoms with Crippen molar-refractivity contribution >= 4 is 23.5 Å². The fourth-order valence-electron chi connectivity index (χ4n) is 3.83. The van der Waals surface area contributed by atoms with Gasteiger partial charge in [-0.2, -0.15) is 10.1 Å². The van der Waals surface area contributed by atoms with E-state index < -0.39 is 0 Å². The van der Waals surface area contributed by atoms with Crippen molar-refractivity contribution < 1.29 is 9.84 Å². The van der Waals surface area contributed by atoms with Crippen LogP contribution < -0.4 is 9.04 Å². The van der Waals surface area contributed by atoms with Crippen LogP contribution in [0.3, 0.4) is 0 Å². The quantitative estimate of drug-likeness (QED) is 0.629. The molecule has 2 aliphatic rings. The average Bonchev–Trinajstić information content (AvgIpc) is 3.46. The number of anilines is 1. The highest BCUT2D eigenvalue weighted by Gasteiger charge is 2.31. The van der Waals surface area contributed by atoms with Gasteiger partial charge in [0.05, 0.1) is 37.8 Å². The summed E-state index contributed by atoms with van der Waals surface area (Å²) in [6.07, 6.45) is 6.19. The first-order valence-corrected chi connectivity index (χ1v) is 10.9. The fraction of sp³-hybridized carbons (Fsp3) is 0.381. The number of ether oxygens (including phenoxy) is 1. The van der Waals surface area contributed by atoms with E-state index in [0.29, 0.717) is 13.2 Å². The standard InChI is InChI=1S/C21H24N6O2S/c1-14(2)27-21(22-12-24-27)26-10-17-16-4-3-15(18-11-25(6-7-28)13-23-18)9-19(16)29-8-5-20(17)30-26/h3-4,9,11-14,28H,5-8,10H2,1-2H3. The molecule has 30 heavy (non-hydrogen) atoms. The van der Waals surface area contributed by atoms with Crippen molar-refractivity contribution in [3.05, 3.63) is 47.5 Å². The Morgan fingerprint density at radius 1 is 1.27 bits per heavy atom. The molecular formula is C21H24N6O2S. The monoisotopic (exact) mass is 424 g/mol. The fourth-order valence-corrected chi connectivity index (χ4v) is 4.96. The van der Waals surface area contributed by atoms with Crippen molar-refractivity contribution in [2.45, 2.75) is 32.9 Å². The molecule has 2 aromatic heterocycles. The van der Waals surface area contributed by atoms with E-state index in [1.54, 1.807) is 24.6 Å². The smallest absolute Gasteiger partial charge is 0.234 e. The highest BCUT2D eigenvalue weighted by molar-refractivity contribution is 8.04. The Morgan fingerprint density at radius 3 is 3.00 bits per heavy atom. The second-order valence-corrected chi connectivity index (χ2v) is 8.77. The molecule has 0 radical (unpaired) electrons. The van der Waals surface area contributed by atoms with Crippen molar-refractivity contribution in [1.29, 1.82) is 0 Å². The van der Waals surface area contributed by atoms with Crippen molar-refractivity contribution in [2.75, 3.05) is 24.1 Å². The van der Waals surface area contributed by atoms with Gasteiger partial charge in [-0.25, -0.2) is 9.67 Å². The van der Waals surface area contributed by atoms with Crippen LogP contribution >= 0.6 is 11.9 Å². The van der Waals surface area contributed by atoms with E-state index in [2.05, 4.69) is 51.4 Å². The number of imidazole rings is 1. The third kappa shape index (κ3) is 3.37. The normalized spacial score (nSPS) is 15.9. The number of nitrogens with zero attached hydrogens (tertiary/aromatic N) is 6. The maximum atomic E-state index is 9.12. The molecule has 0 amide bonds. The van der Waals surface area contributed by atoms with Crippen LogP contribution in [0.5, 0.6) is 5.75 Å². The molecule has 1 aromatic carbocycles. The van der Waals surface area contributed by atoms with Crippen LogP contribution in [0.2, 0.25) is 0 Å². The summed E-state index contributed by atoms with van der Waals surface area (Å²) in [5.74, 6) is 1.78. The lowest BCUT2D eigenvalue weighted by molar-refractivity contribution is 0.276. The van der Waals surface area contributed by atoms with Gasteiger partial charge in [0.25, 0.3) is 0 Å². The van der Waals surface area contributed by atoms with Crippen molar-refractivity contribution in [1.82, 2.24) is 24.3 Å². The average molecular weight is 425 g/mol. The Bertz CT molecular complexity index is 1100. The molecule has 0 saturated heterocycles. The highest BCUT2D eigenvalue weighted by atomic mass is 32.2. The third-order valence-electron chi connectivity index (χ3n) is 5.31. The van der Waals surface area contributed by atoms with Gasteiger partial charge in [0.1, 0.15) is 12.1 Å². The zero-order valence-corrected chi connectivity index (χ0v) is 17.8. The molecule has 0 aliphatic carbocycles. The molecule has 0 fully saturated rings. The second kappa shape index (κ2) is 7.81. The highest BCUT2D eigenvalue weighted by Crippen LogP contribution is 2.46. The molecule has 3 aromatic rings. The lowest BCUT2D eigenvalue weighted by atomic mass is 10.0. The predicted octanol–water partition coefficient (Wildman–Crippen LogP) is 3.38. The van der Waals surface area contributed by atoms with E-state index in [0.717, 1.165) is 41.5 Å². The van der Waals surface area contributed by atoms with Crippen molar-refractivity contribution in [3.63, 3.8) is 0 Å². The molecule has 4 heterocycles. The summed E-state index contributed by atoms with van der Waals surface area (Å²) in [6, 6.07) is 6.55. The van der Waals surface area contributed by atoms with Gasteiger partial charge in [-0.1, -0.05) is 12.1 Å². The maximum absolute atomic E-state index is 9.12. The minimum absolute atomic E-state index is 0.0960. The molecular weight excluding hydrogens is 400 g/mol. The summed E-state index contributed by atoms with van der Waals surface area (Å²) < 4.78 is 12.2. The SMILES string of the molecule is CC(C)n1ncnc1N1CC2=C(CCOc3cc(-c4cn(CCO)cn4)ccc32)S1. The van der Waals surface area contributed by atoms with E-state index in [9.17, 15) is 0 Å². The van der Waals surface area contributed by atoms with Crippen LogP contribution in [0.1, 0.15) is 31.9 Å². The number of aliphatic hydroxyl groups excluding tert-OH is 1. The molecule has 5 rings (SSSR count). The van der Waals surface area contributed by atoms with Crippen molar-refractivity contribution in [2.24, 2.45) is 0 Å². The minimum atomic E-state index is 0.0960. The van der Waals surface area contributed by atoms with Crippen LogP contribution in [0.4, 0.5) is 5.95 Å². The predicted molar refractivity (Wildman–Crippen MR) is 117 cm³/mol. The zero-order valence-electron chi connectivity index (χ0n) is 17.0. The number of rotatable bonds is 5. The van der Waals surface area contributed by atoms with Crippen LogP contribution in [0.25, 0.3) is 16.8 Å². The lowest BCUT2D eigenvalue weighted by Gasteiger charge is -2.19. The summed E-state index contributed by atoms with van der Waals surface area (Å²) in [5.41, 5.74) is 4.31.